The van der Waals surface area contributed by atoms with Crippen LogP contribution in [0.5, 0.6) is 0 Å². The van der Waals surface area contributed by atoms with Crippen molar-refractivity contribution >= 4 is 32.9 Å². The molecule has 3 aromatic rings. The van der Waals surface area contributed by atoms with Crippen molar-refractivity contribution in [1.82, 2.24) is 19.0 Å². The lowest BCUT2D eigenvalue weighted by atomic mass is 10.1. The van der Waals surface area contributed by atoms with E-state index in [9.17, 15) is 9.59 Å². The van der Waals surface area contributed by atoms with Crippen LogP contribution in [0.1, 0.15) is 36.3 Å². The normalized spacial score (nSPS) is 15.8. The number of aryl methyl sites for hydroxylation is 2. The summed E-state index contributed by atoms with van der Waals surface area (Å²) in [5, 5.41) is 0. The number of hydrogen-bond acceptors (Lipinski definition) is 3. The number of rotatable bonds is 4. The molecule has 1 amide bonds. The fraction of sp³-hybridized carbons (Fsp3) is 0.381. The van der Waals surface area contributed by atoms with Crippen LogP contribution in [0.15, 0.2) is 39.7 Å². The molecule has 4 rings (SSSR count). The summed E-state index contributed by atoms with van der Waals surface area (Å²) in [5.74, 6) is 0.795. The SMILES string of the molecule is CCc1nc2ccn(CC(=O)N(C)C)c(=O)c2n1[C@H]1CCc2cc(Br)ccc21. The van der Waals surface area contributed by atoms with Crippen LogP contribution >= 0.6 is 15.9 Å². The first-order chi connectivity index (χ1) is 13.4. The van der Waals surface area contributed by atoms with Crippen LogP contribution in [0.25, 0.3) is 11.0 Å². The van der Waals surface area contributed by atoms with E-state index >= 15 is 0 Å². The third-order valence-electron chi connectivity index (χ3n) is 5.47. The number of aromatic nitrogens is 3. The van der Waals surface area contributed by atoms with Crippen LogP contribution in [-0.4, -0.2) is 39.0 Å². The van der Waals surface area contributed by atoms with Crippen LogP contribution in [0, 0.1) is 0 Å². The van der Waals surface area contributed by atoms with Crippen molar-refractivity contribution in [3.05, 3.63) is 62.2 Å². The summed E-state index contributed by atoms with van der Waals surface area (Å²) in [4.78, 5) is 31.6. The van der Waals surface area contributed by atoms with Crippen LogP contribution in [0.3, 0.4) is 0 Å². The fourth-order valence-electron chi connectivity index (χ4n) is 4.02. The lowest BCUT2D eigenvalue weighted by Crippen LogP contribution is -2.32. The molecular formula is C21H23BrN4O2. The molecule has 0 saturated heterocycles. The Hall–Kier alpha value is -2.41. The van der Waals surface area contributed by atoms with Crippen LogP contribution in [-0.2, 0) is 24.2 Å². The maximum atomic E-state index is 13.3. The Morgan fingerprint density at radius 1 is 1.32 bits per heavy atom. The van der Waals surface area contributed by atoms with Gasteiger partial charge in [-0.25, -0.2) is 4.98 Å². The number of nitrogens with zero attached hydrogens (tertiary/aromatic N) is 4. The topological polar surface area (TPSA) is 60.1 Å². The Kier molecular flexibility index (Phi) is 4.87. The molecule has 0 bridgehead atoms. The van der Waals surface area contributed by atoms with Crippen molar-refractivity contribution in [2.24, 2.45) is 0 Å². The minimum Gasteiger partial charge on any atom is -0.347 e. The molecule has 2 heterocycles. The Bertz CT molecular complexity index is 1130. The molecule has 2 aromatic heterocycles. The number of imidazole rings is 1. The van der Waals surface area contributed by atoms with Crippen molar-refractivity contribution in [3.63, 3.8) is 0 Å². The van der Waals surface area contributed by atoms with Crippen molar-refractivity contribution < 1.29 is 4.79 Å². The zero-order valence-corrected chi connectivity index (χ0v) is 17.9. The van der Waals surface area contributed by atoms with E-state index in [0.29, 0.717) is 11.0 Å². The Balaban J connectivity index is 1.89. The van der Waals surface area contributed by atoms with Gasteiger partial charge < -0.3 is 14.0 Å². The number of pyridine rings is 1. The number of halogens is 1. The summed E-state index contributed by atoms with van der Waals surface area (Å²) < 4.78 is 4.66. The predicted octanol–water partition coefficient (Wildman–Crippen LogP) is 3.15. The molecule has 0 fully saturated rings. The molecule has 1 aromatic carbocycles. The summed E-state index contributed by atoms with van der Waals surface area (Å²) in [6.07, 6.45) is 4.33. The van der Waals surface area contributed by atoms with E-state index in [4.69, 9.17) is 4.98 Å². The molecule has 0 saturated carbocycles. The zero-order chi connectivity index (χ0) is 20.0. The summed E-state index contributed by atoms with van der Waals surface area (Å²) in [6, 6.07) is 8.28. The van der Waals surface area contributed by atoms with Gasteiger partial charge in [0.2, 0.25) is 5.91 Å². The fourth-order valence-corrected chi connectivity index (χ4v) is 4.43. The maximum absolute atomic E-state index is 13.3. The predicted molar refractivity (Wildman–Crippen MR) is 113 cm³/mol. The van der Waals surface area contributed by atoms with Crippen LogP contribution in [0.2, 0.25) is 0 Å². The molecule has 1 atom stereocenters. The van der Waals surface area contributed by atoms with Gasteiger partial charge in [0, 0.05) is 31.2 Å². The average Bonchev–Trinajstić information content (AvgIpc) is 3.24. The maximum Gasteiger partial charge on any atom is 0.277 e. The van der Waals surface area contributed by atoms with Gasteiger partial charge in [0.1, 0.15) is 17.9 Å². The van der Waals surface area contributed by atoms with Gasteiger partial charge in [0.05, 0.1) is 11.6 Å². The van der Waals surface area contributed by atoms with E-state index < -0.39 is 0 Å². The number of carbonyl (C=O) groups excluding carboxylic acids is 1. The number of fused-ring (bicyclic) bond motifs is 2. The Labute approximate surface area is 171 Å². The quantitative estimate of drug-likeness (QED) is 0.623. The van der Waals surface area contributed by atoms with Gasteiger partial charge in [-0.05, 0) is 42.2 Å². The highest BCUT2D eigenvalue weighted by molar-refractivity contribution is 9.10. The van der Waals surface area contributed by atoms with E-state index in [1.165, 1.54) is 20.6 Å². The molecule has 146 valence electrons. The van der Waals surface area contributed by atoms with Gasteiger partial charge >= 0.3 is 0 Å². The largest absolute Gasteiger partial charge is 0.347 e. The summed E-state index contributed by atoms with van der Waals surface area (Å²) in [7, 11) is 3.39. The van der Waals surface area contributed by atoms with Gasteiger partial charge in [-0.3, -0.25) is 9.59 Å². The second-order valence-electron chi connectivity index (χ2n) is 7.42. The highest BCUT2D eigenvalue weighted by atomic mass is 79.9. The Morgan fingerprint density at radius 2 is 2.11 bits per heavy atom. The van der Waals surface area contributed by atoms with Gasteiger partial charge in [0.25, 0.3) is 5.56 Å². The minimum absolute atomic E-state index is 0.0304. The number of benzene rings is 1. The molecule has 28 heavy (non-hydrogen) atoms. The van der Waals surface area contributed by atoms with Crippen molar-refractivity contribution in [3.8, 4) is 0 Å². The minimum atomic E-state index is -0.162. The highest BCUT2D eigenvalue weighted by Crippen LogP contribution is 2.38. The monoisotopic (exact) mass is 442 g/mol. The van der Waals surface area contributed by atoms with E-state index in [1.54, 1.807) is 20.3 Å². The number of carbonyl (C=O) groups is 1. The molecule has 0 N–H and O–H groups in total. The molecule has 1 aliphatic rings. The van der Waals surface area contributed by atoms with Crippen molar-refractivity contribution in [1.29, 1.82) is 0 Å². The van der Waals surface area contributed by atoms with E-state index in [1.807, 2.05) is 6.07 Å². The van der Waals surface area contributed by atoms with Crippen molar-refractivity contribution in [2.45, 2.75) is 38.8 Å². The smallest absolute Gasteiger partial charge is 0.277 e. The van der Waals surface area contributed by atoms with Gasteiger partial charge in [0.15, 0.2) is 0 Å². The molecule has 0 radical (unpaired) electrons. The third kappa shape index (κ3) is 3.07. The summed E-state index contributed by atoms with van der Waals surface area (Å²) >= 11 is 3.55. The third-order valence-corrected chi connectivity index (χ3v) is 5.96. The molecular weight excluding hydrogens is 420 g/mol. The number of amides is 1. The molecule has 0 unspecified atom stereocenters. The first-order valence-corrected chi connectivity index (χ1v) is 10.3. The molecule has 1 aliphatic carbocycles. The van der Waals surface area contributed by atoms with Crippen molar-refractivity contribution in [2.75, 3.05) is 14.1 Å². The first-order valence-electron chi connectivity index (χ1n) is 9.49. The van der Waals surface area contributed by atoms with Gasteiger partial charge in [-0.2, -0.15) is 0 Å². The number of likely N-dealkylation sites (N-methyl/N-ethyl adjacent to an activating group) is 1. The second kappa shape index (κ2) is 7.20. The highest BCUT2D eigenvalue weighted by Gasteiger charge is 2.28. The lowest BCUT2D eigenvalue weighted by molar-refractivity contribution is -0.129. The zero-order valence-electron chi connectivity index (χ0n) is 16.3. The summed E-state index contributed by atoms with van der Waals surface area (Å²) in [6.45, 7) is 2.09. The number of hydrogen-bond donors (Lipinski definition) is 0. The lowest BCUT2D eigenvalue weighted by Gasteiger charge is -2.18. The summed E-state index contributed by atoms with van der Waals surface area (Å²) in [5.41, 5.74) is 3.68. The van der Waals surface area contributed by atoms with Crippen LogP contribution in [0.4, 0.5) is 0 Å². The average molecular weight is 443 g/mol. The molecule has 0 aliphatic heterocycles. The van der Waals surface area contributed by atoms with E-state index in [0.717, 1.165) is 29.6 Å². The van der Waals surface area contributed by atoms with E-state index in [-0.39, 0.29) is 24.1 Å². The molecule has 0 spiro atoms. The molecule has 7 heteroatoms. The van der Waals surface area contributed by atoms with E-state index in [2.05, 4.69) is 45.6 Å². The Morgan fingerprint density at radius 3 is 2.82 bits per heavy atom. The first kappa shape index (κ1) is 18.9. The molecule has 6 nitrogen and oxygen atoms in total. The standard InChI is InChI=1S/C21H23BrN4O2/c1-4-18-23-16-9-10-25(12-19(27)24(2)3)21(28)20(16)26(18)17-8-5-13-11-14(22)6-7-15(13)17/h6-7,9-11,17H,4-5,8,12H2,1-3H3/t17-/m0/s1. The van der Waals surface area contributed by atoms with Crippen LogP contribution < -0.4 is 5.56 Å². The second-order valence-corrected chi connectivity index (χ2v) is 8.34. The van der Waals surface area contributed by atoms with Gasteiger partial charge in [-0.15, -0.1) is 0 Å². The van der Waals surface area contributed by atoms with Gasteiger partial charge in [-0.1, -0.05) is 28.9 Å².